The molecule has 1 aliphatic carbocycles. The molecule has 0 radical (unpaired) electrons. The molecule has 1 unspecified atom stereocenters. The zero-order chi connectivity index (χ0) is 13.2. The molecule has 1 atom stereocenters. The van der Waals surface area contributed by atoms with Gasteiger partial charge in [0.05, 0.1) is 0 Å². The van der Waals surface area contributed by atoms with Crippen molar-refractivity contribution < 1.29 is 0 Å². The molecule has 0 aliphatic heterocycles. The van der Waals surface area contributed by atoms with Crippen molar-refractivity contribution in [3.8, 4) is 0 Å². The molecule has 2 rings (SSSR count). The molecule has 2 heteroatoms. The molecule has 1 N–H and O–H groups in total. The van der Waals surface area contributed by atoms with E-state index in [4.69, 9.17) is 11.6 Å². The lowest BCUT2D eigenvalue weighted by Gasteiger charge is -2.34. The Hall–Kier alpha value is -0.530. The summed E-state index contributed by atoms with van der Waals surface area (Å²) in [6, 6.07) is 6.94. The number of rotatable bonds is 4. The van der Waals surface area contributed by atoms with Crippen LogP contribution in [-0.4, -0.2) is 13.1 Å². The van der Waals surface area contributed by atoms with Gasteiger partial charge in [-0.2, -0.15) is 0 Å². The van der Waals surface area contributed by atoms with Gasteiger partial charge in [0.2, 0.25) is 0 Å². The summed E-state index contributed by atoms with van der Waals surface area (Å²) in [5, 5.41) is 4.43. The summed E-state index contributed by atoms with van der Waals surface area (Å²) in [4.78, 5) is 0. The van der Waals surface area contributed by atoms with Crippen LogP contribution in [0.3, 0.4) is 0 Å². The average molecular weight is 266 g/mol. The van der Waals surface area contributed by atoms with E-state index in [2.05, 4.69) is 44.4 Å². The lowest BCUT2D eigenvalue weighted by molar-refractivity contribution is 0.229. The Morgan fingerprint density at radius 1 is 1.33 bits per heavy atom. The predicted octanol–water partition coefficient (Wildman–Crippen LogP) is 4.36. The normalized spacial score (nSPS) is 20.0. The van der Waals surface area contributed by atoms with E-state index in [0.717, 1.165) is 11.4 Å². The second kappa shape index (κ2) is 5.63. The van der Waals surface area contributed by atoms with Crippen LogP contribution in [-0.2, 0) is 6.42 Å². The van der Waals surface area contributed by atoms with Crippen molar-refractivity contribution in [2.24, 2.45) is 5.41 Å². The second-order valence-corrected chi connectivity index (χ2v) is 6.41. The Morgan fingerprint density at radius 2 is 2.00 bits per heavy atom. The zero-order valence-electron chi connectivity index (χ0n) is 11.7. The van der Waals surface area contributed by atoms with E-state index < -0.39 is 0 Å². The lowest BCUT2D eigenvalue weighted by atomic mass is 9.78. The summed E-state index contributed by atoms with van der Waals surface area (Å²) < 4.78 is 0. The van der Waals surface area contributed by atoms with Crippen LogP contribution in [0.4, 0.5) is 0 Å². The first-order valence-corrected chi connectivity index (χ1v) is 7.35. The molecule has 1 saturated carbocycles. The van der Waals surface area contributed by atoms with Gasteiger partial charge in [-0.25, -0.2) is 0 Å². The maximum atomic E-state index is 6.35. The second-order valence-electron chi connectivity index (χ2n) is 6.00. The summed E-state index contributed by atoms with van der Waals surface area (Å²) in [6.07, 6.45) is 6.45. The van der Waals surface area contributed by atoms with Gasteiger partial charge in [0.1, 0.15) is 0 Å². The maximum Gasteiger partial charge on any atom is 0.0441 e. The van der Waals surface area contributed by atoms with Crippen molar-refractivity contribution in [1.82, 2.24) is 5.32 Å². The molecule has 1 nitrogen and oxygen atoms in total. The highest BCUT2D eigenvalue weighted by Gasteiger charge is 2.36. The van der Waals surface area contributed by atoms with Gasteiger partial charge >= 0.3 is 0 Å². The van der Waals surface area contributed by atoms with Crippen LogP contribution in [0.2, 0.25) is 5.02 Å². The molecule has 1 aromatic rings. The number of hydrogen-bond donors (Lipinski definition) is 1. The Morgan fingerprint density at radius 3 is 2.56 bits per heavy atom. The maximum absolute atomic E-state index is 6.35. The molecule has 0 aromatic heterocycles. The Balaban J connectivity index is 2.15. The molecule has 1 fully saturated rings. The third kappa shape index (κ3) is 2.89. The highest BCUT2D eigenvalue weighted by Crippen LogP contribution is 2.41. The van der Waals surface area contributed by atoms with Crippen molar-refractivity contribution in [2.45, 2.75) is 52.0 Å². The monoisotopic (exact) mass is 265 g/mol. The molecule has 0 amide bonds. The largest absolute Gasteiger partial charge is 0.316 e. The van der Waals surface area contributed by atoms with Crippen molar-refractivity contribution in [3.63, 3.8) is 0 Å². The summed E-state index contributed by atoms with van der Waals surface area (Å²) in [7, 11) is 2.08. The Labute approximate surface area is 116 Å². The molecule has 100 valence electrons. The van der Waals surface area contributed by atoms with Crippen molar-refractivity contribution in [3.05, 3.63) is 34.3 Å². The lowest BCUT2D eigenvalue weighted by Crippen LogP contribution is -2.41. The topological polar surface area (TPSA) is 12.0 Å². The van der Waals surface area contributed by atoms with Gasteiger partial charge in [0, 0.05) is 11.1 Å². The fraction of sp³-hybridized carbons (Fsp3) is 0.625. The molecule has 1 aliphatic rings. The molecule has 1 aromatic carbocycles. The van der Waals surface area contributed by atoms with Crippen molar-refractivity contribution in [1.29, 1.82) is 0 Å². The molecular weight excluding hydrogens is 242 g/mol. The van der Waals surface area contributed by atoms with E-state index in [9.17, 15) is 0 Å². The van der Waals surface area contributed by atoms with Gasteiger partial charge in [-0.15, -0.1) is 0 Å². The minimum absolute atomic E-state index is 0.433. The van der Waals surface area contributed by atoms with E-state index in [1.54, 1.807) is 0 Å². The van der Waals surface area contributed by atoms with Crippen LogP contribution in [0.25, 0.3) is 0 Å². The third-order valence-corrected chi connectivity index (χ3v) is 4.92. The van der Waals surface area contributed by atoms with E-state index in [1.807, 2.05) is 0 Å². The zero-order valence-corrected chi connectivity index (χ0v) is 12.5. The van der Waals surface area contributed by atoms with Crippen LogP contribution in [0.1, 0.15) is 43.7 Å². The summed E-state index contributed by atoms with van der Waals surface area (Å²) in [5.74, 6) is 0. The smallest absolute Gasteiger partial charge is 0.0441 e. The summed E-state index contributed by atoms with van der Waals surface area (Å²) >= 11 is 6.35. The van der Waals surface area contributed by atoms with Crippen LogP contribution in [0, 0.1) is 12.3 Å². The molecular formula is C16H24ClN. The molecule has 18 heavy (non-hydrogen) atoms. The number of aryl methyl sites for hydroxylation is 1. The first-order chi connectivity index (χ1) is 8.55. The highest BCUT2D eigenvalue weighted by molar-refractivity contribution is 6.31. The van der Waals surface area contributed by atoms with E-state index >= 15 is 0 Å². The highest BCUT2D eigenvalue weighted by atomic mass is 35.5. The van der Waals surface area contributed by atoms with Gasteiger partial charge in [-0.05, 0) is 55.8 Å². The Kier molecular flexibility index (Phi) is 4.34. The van der Waals surface area contributed by atoms with E-state index in [0.29, 0.717) is 11.5 Å². The van der Waals surface area contributed by atoms with Gasteiger partial charge < -0.3 is 5.32 Å². The number of hydrogen-bond acceptors (Lipinski definition) is 1. The minimum atomic E-state index is 0.433. The van der Waals surface area contributed by atoms with Crippen LogP contribution < -0.4 is 5.32 Å². The first-order valence-electron chi connectivity index (χ1n) is 6.97. The van der Waals surface area contributed by atoms with Gasteiger partial charge in [-0.1, -0.05) is 43.5 Å². The summed E-state index contributed by atoms with van der Waals surface area (Å²) in [5.41, 5.74) is 2.94. The van der Waals surface area contributed by atoms with E-state index in [1.165, 1.54) is 36.8 Å². The number of likely N-dealkylation sites (N-methyl/N-ethyl adjacent to an activating group) is 1. The van der Waals surface area contributed by atoms with Crippen LogP contribution >= 0.6 is 11.6 Å². The number of halogens is 1. The number of nitrogens with one attached hydrogen (secondary N) is 1. The average Bonchev–Trinajstić information content (AvgIpc) is 2.76. The fourth-order valence-corrected chi connectivity index (χ4v) is 3.58. The first kappa shape index (κ1) is 13.9. The number of benzene rings is 1. The van der Waals surface area contributed by atoms with Crippen LogP contribution in [0.5, 0.6) is 0 Å². The molecule has 0 heterocycles. The Bertz CT molecular complexity index is 408. The van der Waals surface area contributed by atoms with Gasteiger partial charge in [0.25, 0.3) is 0 Å². The van der Waals surface area contributed by atoms with Crippen molar-refractivity contribution in [2.75, 3.05) is 7.05 Å². The van der Waals surface area contributed by atoms with E-state index in [-0.39, 0.29) is 0 Å². The van der Waals surface area contributed by atoms with Gasteiger partial charge in [0.15, 0.2) is 0 Å². The van der Waals surface area contributed by atoms with Crippen LogP contribution in [0.15, 0.2) is 18.2 Å². The third-order valence-electron chi connectivity index (χ3n) is 4.57. The SMILES string of the molecule is CNC(Cc1ccc(C)cc1Cl)C1(C)CCCC1. The quantitative estimate of drug-likeness (QED) is 0.853. The summed E-state index contributed by atoms with van der Waals surface area (Å²) in [6.45, 7) is 4.51. The molecule has 0 bridgehead atoms. The molecule has 0 spiro atoms. The van der Waals surface area contributed by atoms with Gasteiger partial charge in [-0.3, -0.25) is 0 Å². The predicted molar refractivity (Wildman–Crippen MR) is 79.3 cm³/mol. The molecule has 0 saturated heterocycles. The standard InChI is InChI=1S/C16H24ClN/c1-12-6-7-13(14(17)10-12)11-15(18-3)16(2)8-4-5-9-16/h6-7,10,15,18H,4-5,8-9,11H2,1-3H3. The van der Waals surface area contributed by atoms with Crippen molar-refractivity contribution >= 4 is 11.6 Å². The fourth-order valence-electron chi connectivity index (χ4n) is 3.27. The minimum Gasteiger partial charge on any atom is -0.316 e.